The van der Waals surface area contributed by atoms with Gasteiger partial charge in [-0.05, 0) is 60.2 Å². The van der Waals surface area contributed by atoms with Gasteiger partial charge < -0.3 is 15.6 Å². The molecular weight excluding hydrogens is 379 g/mol. The summed E-state index contributed by atoms with van der Waals surface area (Å²) in [7, 11) is 0. The van der Waals surface area contributed by atoms with E-state index < -0.39 is 11.6 Å². The Balaban J connectivity index is 1.82. The predicted octanol–water partition coefficient (Wildman–Crippen LogP) is 5.14. The molecule has 3 aromatic rings. The lowest BCUT2D eigenvalue weighted by molar-refractivity contribution is 0.240. The number of halogens is 3. The van der Waals surface area contributed by atoms with Crippen LogP contribution < -0.4 is 10.6 Å². The molecule has 4 nitrogen and oxygen atoms in total. The van der Waals surface area contributed by atoms with Crippen molar-refractivity contribution in [2.75, 3.05) is 13.1 Å². The zero-order valence-corrected chi connectivity index (χ0v) is 16.4. The largest absolute Gasteiger partial charge is 0.352 e. The normalized spacial score (nSPS) is 11.2. The highest BCUT2D eigenvalue weighted by Gasteiger charge is 2.17. The lowest BCUT2D eigenvalue weighted by Gasteiger charge is -2.10. The first-order valence-electron chi connectivity index (χ1n) is 9.62. The van der Waals surface area contributed by atoms with Crippen molar-refractivity contribution in [2.24, 2.45) is 5.92 Å². The SMILES string of the molecule is CC(C)CCNC(=O)NCCc1c(-c2ccc(F)cc2)[nH]c2c(F)cc(F)cc12. The molecule has 0 saturated carbocycles. The van der Waals surface area contributed by atoms with E-state index in [1.807, 2.05) is 0 Å². The van der Waals surface area contributed by atoms with Crippen molar-refractivity contribution in [2.45, 2.75) is 26.7 Å². The second kappa shape index (κ2) is 9.03. The van der Waals surface area contributed by atoms with Gasteiger partial charge in [0, 0.05) is 30.2 Å². The van der Waals surface area contributed by atoms with E-state index in [1.165, 1.54) is 18.2 Å². The molecule has 29 heavy (non-hydrogen) atoms. The molecule has 1 aromatic heterocycles. The molecule has 2 amide bonds. The van der Waals surface area contributed by atoms with Crippen LogP contribution in [0.4, 0.5) is 18.0 Å². The monoisotopic (exact) mass is 403 g/mol. The first-order valence-corrected chi connectivity index (χ1v) is 9.62. The van der Waals surface area contributed by atoms with Gasteiger partial charge in [-0.2, -0.15) is 0 Å². The van der Waals surface area contributed by atoms with Crippen molar-refractivity contribution in [1.29, 1.82) is 0 Å². The number of urea groups is 1. The van der Waals surface area contributed by atoms with Crippen molar-refractivity contribution in [3.05, 3.63) is 59.4 Å². The van der Waals surface area contributed by atoms with E-state index >= 15 is 0 Å². The quantitative estimate of drug-likeness (QED) is 0.503. The van der Waals surface area contributed by atoms with Gasteiger partial charge in [0.05, 0.1) is 5.52 Å². The van der Waals surface area contributed by atoms with E-state index in [2.05, 4.69) is 29.5 Å². The van der Waals surface area contributed by atoms with Crippen molar-refractivity contribution in [3.63, 3.8) is 0 Å². The number of amides is 2. The van der Waals surface area contributed by atoms with E-state index in [1.54, 1.807) is 12.1 Å². The lowest BCUT2D eigenvalue weighted by atomic mass is 10.0. The Morgan fingerprint density at radius 3 is 2.38 bits per heavy atom. The fourth-order valence-electron chi connectivity index (χ4n) is 3.23. The summed E-state index contributed by atoms with van der Waals surface area (Å²) in [5.41, 5.74) is 2.07. The third-order valence-corrected chi connectivity index (χ3v) is 4.73. The van der Waals surface area contributed by atoms with Crippen molar-refractivity contribution < 1.29 is 18.0 Å². The second-order valence-corrected chi connectivity index (χ2v) is 7.41. The highest BCUT2D eigenvalue weighted by Crippen LogP contribution is 2.32. The third-order valence-electron chi connectivity index (χ3n) is 4.73. The fourth-order valence-corrected chi connectivity index (χ4v) is 3.23. The van der Waals surface area contributed by atoms with Crippen molar-refractivity contribution >= 4 is 16.9 Å². The number of benzene rings is 2. The number of hydrogen-bond acceptors (Lipinski definition) is 1. The topological polar surface area (TPSA) is 56.9 Å². The Hall–Kier alpha value is -2.96. The molecule has 0 aliphatic rings. The lowest BCUT2D eigenvalue weighted by Crippen LogP contribution is -2.37. The van der Waals surface area contributed by atoms with E-state index in [4.69, 9.17) is 0 Å². The first kappa shape index (κ1) is 20.8. The fraction of sp³-hybridized carbons (Fsp3) is 0.318. The van der Waals surface area contributed by atoms with Gasteiger partial charge in [0.1, 0.15) is 17.5 Å². The van der Waals surface area contributed by atoms with Crippen molar-refractivity contribution in [3.8, 4) is 11.3 Å². The average molecular weight is 403 g/mol. The van der Waals surface area contributed by atoms with Crippen LogP contribution >= 0.6 is 0 Å². The van der Waals surface area contributed by atoms with E-state index in [0.717, 1.165) is 12.5 Å². The first-order chi connectivity index (χ1) is 13.8. The zero-order valence-electron chi connectivity index (χ0n) is 16.4. The van der Waals surface area contributed by atoms with Gasteiger partial charge in [-0.25, -0.2) is 18.0 Å². The Bertz CT molecular complexity index is 997. The molecule has 1 heterocycles. The number of hydrogen-bond donors (Lipinski definition) is 3. The molecule has 0 fully saturated rings. The number of carbonyl (C=O) groups excluding carboxylic acids is 1. The number of nitrogens with one attached hydrogen (secondary N) is 3. The van der Waals surface area contributed by atoms with Crippen LogP contribution in [0.3, 0.4) is 0 Å². The van der Waals surface area contributed by atoms with Crippen LogP contribution in [0.5, 0.6) is 0 Å². The Labute approximate surface area is 167 Å². The third kappa shape index (κ3) is 5.10. The number of H-pyrrole nitrogens is 1. The van der Waals surface area contributed by atoms with Gasteiger partial charge in [-0.15, -0.1) is 0 Å². The van der Waals surface area contributed by atoms with E-state index in [9.17, 15) is 18.0 Å². The minimum atomic E-state index is -0.700. The molecule has 0 spiro atoms. The molecule has 3 N–H and O–H groups in total. The summed E-state index contributed by atoms with van der Waals surface area (Å²) in [6.07, 6.45) is 1.23. The Kier molecular flexibility index (Phi) is 6.46. The molecule has 0 aliphatic carbocycles. The Morgan fingerprint density at radius 2 is 1.69 bits per heavy atom. The predicted molar refractivity (Wildman–Crippen MR) is 108 cm³/mol. The summed E-state index contributed by atoms with van der Waals surface area (Å²) in [5.74, 6) is -1.28. The number of carbonyl (C=O) groups is 1. The molecule has 3 rings (SSSR count). The van der Waals surface area contributed by atoms with E-state index in [-0.39, 0.29) is 23.9 Å². The van der Waals surface area contributed by atoms with Gasteiger partial charge in [0.25, 0.3) is 0 Å². The van der Waals surface area contributed by atoms with Crippen molar-refractivity contribution in [1.82, 2.24) is 15.6 Å². The average Bonchev–Trinajstić information content (AvgIpc) is 3.01. The molecule has 0 unspecified atom stereocenters. The number of aromatic amines is 1. The van der Waals surface area contributed by atoms with Gasteiger partial charge in [-0.3, -0.25) is 0 Å². The molecule has 154 valence electrons. The number of aromatic nitrogens is 1. The standard InChI is InChI=1S/C22H24F3N3O/c1-13(2)7-9-26-22(29)27-10-8-17-18-11-16(24)12-19(25)21(18)28-20(17)14-3-5-15(23)6-4-14/h3-6,11-13,28H,7-10H2,1-2H3,(H2,26,27,29). The zero-order chi connectivity index (χ0) is 21.0. The number of rotatable bonds is 7. The highest BCUT2D eigenvalue weighted by molar-refractivity contribution is 5.91. The van der Waals surface area contributed by atoms with Crippen LogP contribution in [0.15, 0.2) is 36.4 Å². The van der Waals surface area contributed by atoms with Gasteiger partial charge in [-0.1, -0.05) is 13.8 Å². The molecule has 7 heteroatoms. The van der Waals surface area contributed by atoms with Gasteiger partial charge in [0.2, 0.25) is 0 Å². The molecule has 2 aromatic carbocycles. The summed E-state index contributed by atoms with van der Waals surface area (Å²) < 4.78 is 41.4. The van der Waals surface area contributed by atoms with Crippen LogP contribution in [0, 0.1) is 23.4 Å². The molecular formula is C22H24F3N3O. The summed E-state index contributed by atoms with van der Waals surface area (Å²) in [6.45, 7) is 5.01. The number of fused-ring (bicyclic) bond motifs is 1. The van der Waals surface area contributed by atoms with Crippen LogP contribution in [-0.4, -0.2) is 24.1 Å². The summed E-state index contributed by atoms with van der Waals surface area (Å²) in [6, 6.07) is 7.56. The Morgan fingerprint density at radius 1 is 1.00 bits per heavy atom. The van der Waals surface area contributed by atoms with Crippen LogP contribution in [0.25, 0.3) is 22.2 Å². The maximum atomic E-state index is 14.3. The minimum Gasteiger partial charge on any atom is -0.352 e. The summed E-state index contributed by atoms with van der Waals surface area (Å²) in [5, 5.41) is 5.95. The maximum Gasteiger partial charge on any atom is 0.314 e. The molecule has 0 saturated heterocycles. The minimum absolute atomic E-state index is 0.183. The van der Waals surface area contributed by atoms with E-state index in [0.29, 0.717) is 41.1 Å². The summed E-state index contributed by atoms with van der Waals surface area (Å²) >= 11 is 0. The molecule has 0 atom stereocenters. The second-order valence-electron chi connectivity index (χ2n) is 7.41. The van der Waals surface area contributed by atoms with Gasteiger partial charge in [0.15, 0.2) is 0 Å². The smallest absolute Gasteiger partial charge is 0.314 e. The van der Waals surface area contributed by atoms with Crippen LogP contribution in [-0.2, 0) is 6.42 Å². The van der Waals surface area contributed by atoms with Crippen LogP contribution in [0.2, 0.25) is 0 Å². The van der Waals surface area contributed by atoms with Gasteiger partial charge >= 0.3 is 6.03 Å². The molecule has 0 radical (unpaired) electrons. The van der Waals surface area contributed by atoms with Crippen LogP contribution in [0.1, 0.15) is 25.8 Å². The molecule has 0 bridgehead atoms. The summed E-state index contributed by atoms with van der Waals surface area (Å²) in [4.78, 5) is 14.9. The highest BCUT2D eigenvalue weighted by atomic mass is 19.1. The maximum absolute atomic E-state index is 14.3. The molecule has 0 aliphatic heterocycles.